The van der Waals surface area contributed by atoms with E-state index in [1.807, 2.05) is 37.2 Å². The van der Waals surface area contributed by atoms with Gasteiger partial charge < -0.3 is 10.2 Å². The molecule has 0 aromatic heterocycles. The first-order valence-corrected chi connectivity index (χ1v) is 7.36. The lowest BCUT2D eigenvalue weighted by molar-refractivity contribution is 0.494. The molecule has 1 unspecified atom stereocenters. The first-order valence-electron chi connectivity index (χ1n) is 6.57. The number of nitrogens with one attached hydrogen (secondary N) is 1. The van der Waals surface area contributed by atoms with E-state index in [0.29, 0.717) is 5.56 Å². The maximum atomic E-state index is 13.9. The topological polar surface area (TPSA) is 15.3 Å². The van der Waals surface area contributed by atoms with E-state index in [-0.39, 0.29) is 6.04 Å². The van der Waals surface area contributed by atoms with E-state index in [1.165, 1.54) is 6.07 Å². The molecule has 0 saturated heterocycles. The lowest BCUT2D eigenvalue weighted by atomic mass is 10.1. The summed E-state index contributed by atoms with van der Waals surface area (Å²) in [6.45, 7) is 1.80. The number of halogens is 3. The smallest absolute Gasteiger partial charge is 0.164 e. The summed E-state index contributed by atoms with van der Waals surface area (Å²) in [4.78, 5) is 1.96. The molecule has 1 atom stereocenters. The lowest BCUT2D eigenvalue weighted by Gasteiger charge is -2.23. The van der Waals surface area contributed by atoms with Crippen molar-refractivity contribution in [3.05, 3.63) is 58.1 Å². The van der Waals surface area contributed by atoms with Crippen molar-refractivity contribution in [2.75, 3.05) is 24.3 Å². The molecular weight excluding hydrogens is 338 g/mol. The van der Waals surface area contributed by atoms with Crippen molar-refractivity contribution in [1.82, 2.24) is 0 Å². The highest BCUT2D eigenvalue weighted by molar-refractivity contribution is 9.10. The Morgan fingerprint density at radius 1 is 1.14 bits per heavy atom. The van der Waals surface area contributed by atoms with E-state index < -0.39 is 11.6 Å². The van der Waals surface area contributed by atoms with Crippen LogP contribution in [0.25, 0.3) is 0 Å². The van der Waals surface area contributed by atoms with Gasteiger partial charge in [-0.2, -0.15) is 0 Å². The van der Waals surface area contributed by atoms with E-state index in [4.69, 9.17) is 0 Å². The molecule has 0 spiro atoms. The van der Waals surface area contributed by atoms with Crippen molar-refractivity contribution in [3.63, 3.8) is 0 Å². The van der Waals surface area contributed by atoms with Gasteiger partial charge >= 0.3 is 0 Å². The third-order valence-corrected chi connectivity index (χ3v) is 3.75. The lowest BCUT2D eigenvalue weighted by Crippen LogP contribution is -2.15. The van der Waals surface area contributed by atoms with Gasteiger partial charge in [0.15, 0.2) is 11.6 Å². The minimum atomic E-state index is -0.830. The Kier molecular flexibility index (Phi) is 4.83. The summed E-state index contributed by atoms with van der Waals surface area (Å²) in [5.41, 5.74) is 2.13. The van der Waals surface area contributed by atoms with Crippen molar-refractivity contribution in [2.24, 2.45) is 0 Å². The van der Waals surface area contributed by atoms with E-state index in [9.17, 15) is 8.78 Å². The monoisotopic (exact) mass is 354 g/mol. The first-order chi connectivity index (χ1) is 9.90. The molecule has 0 bridgehead atoms. The Balaban J connectivity index is 2.33. The van der Waals surface area contributed by atoms with Crippen LogP contribution in [-0.4, -0.2) is 14.1 Å². The number of benzene rings is 2. The summed E-state index contributed by atoms with van der Waals surface area (Å²) in [5, 5.41) is 3.24. The van der Waals surface area contributed by atoms with Crippen LogP contribution in [0.3, 0.4) is 0 Å². The zero-order chi connectivity index (χ0) is 15.6. The van der Waals surface area contributed by atoms with E-state index >= 15 is 0 Å². The second-order valence-electron chi connectivity index (χ2n) is 5.06. The molecule has 0 amide bonds. The van der Waals surface area contributed by atoms with Crippen LogP contribution in [-0.2, 0) is 0 Å². The fourth-order valence-corrected chi connectivity index (χ4v) is 2.54. The molecular formula is C16H17BrF2N2. The largest absolute Gasteiger partial charge is 0.377 e. The fraction of sp³-hybridized carbons (Fsp3) is 0.250. The number of anilines is 2. The summed E-state index contributed by atoms with van der Waals surface area (Å²) in [7, 11) is 3.86. The molecule has 2 nitrogen and oxygen atoms in total. The molecule has 0 aliphatic heterocycles. The summed E-state index contributed by atoms with van der Waals surface area (Å²) in [5.74, 6) is -1.64. The van der Waals surface area contributed by atoms with Crippen LogP contribution < -0.4 is 10.2 Å². The average Bonchev–Trinajstić information content (AvgIpc) is 2.41. The van der Waals surface area contributed by atoms with E-state index in [2.05, 4.69) is 21.2 Å². The molecule has 0 saturated carbocycles. The number of rotatable bonds is 4. The van der Waals surface area contributed by atoms with Crippen LogP contribution in [0.5, 0.6) is 0 Å². The second-order valence-corrected chi connectivity index (χ2v) is 5.98. The van der Waals surface area contributed by atoms with Gasteiger partial charge in [0.25, 0.3) is 0 Å². The molecule has 2 rings (SSSR count). The van der Waals surface area contributed by atoms with Gasteiger partial charge in [-0.1, -0.05) is 28.1 Å². The maximum absolute atomic E-state index is 13.9. The van der Waals surface area contributed by atoms with Gasteiger partial charge in [-0.3, -0.25) is 0 Å². The second kappa shape index (κ2) is 6.43. The van der Waals surface area contributed by atoms with Crippen molar-refractivity contribution in [3.8, 4) is 0 Å². The van der Waals surface area contributed by atoms with Crippen LogP contribution in [0.15, 0.2) is 40.9 Å². The molecule has 2 aromatic carbocycles. The van der Waals surface area contributed by atoms with Gasteiger partial charge in [-0.05, 0) is 31.2 Å². The van der Waals surface area contributed by atoms with Crippen LogP contribution in [0, 0.1) is 11.6 Å². The molecule has 5 heteroatoms. The molecule has 2 aromatic rings. The van der Waals surface area contributed by atoms with Crippen LogP contribution in [0.1, 0.15) is 18.5 Å². The third kappa shape index (κ3) is 3.53. The van der Waals surface area contributed by atoms with Crippen LogP contribution in [0.4, 0.5) is 20.2 Å². The zero-order valence-electron chi connectivity index (χ0n) is 12.1. The normalized spacial score (nSPS) is 12.1. The Morgan fingerprint density at radius 3 is 2.52 bits per heavy atom. The standard InChI is InChI=1S/C16H17BrF2N2/c1-10(12-5-4-6-13(18)16(12)19)20-14-9-11(17)7-8-15(14)21(2)3/h4-10,20H,1-3H3. The van der Waals surface area contributed by atoms with Gasteiger partial charge in [0.1, 0.15) is 0 Å². The molecule has 0 radical (unpaired) electrons. The van der Waals surface area contributed by atoms with Gasteiger partial charge in [0, 0.05) is 24.1 Å². The van der Waals surface area contributed by atoms with Gasteiger partial charge in [0.2, 0.25) is 0 Å². The Morgan fingerprint density at radius 2 is 1.86 bits per heavy atom. The number of hydrogen-bond acceptors (Lipinski definition) is 2. The van der Waals surface area contributed by atoms with Crippen molar-refractivity contribution < 1.29 is 8.78 Å². The first kappa shape index (κ1) is 15.8. The minimum absolute atomic E-state index is 0.305. The molecule has 0 aliphatic carbocycles. The third-order valence-electron chi connectivity index (χ3n) is 3.26. The Bertz CT molecular complexity index is 644. The summed E-state index contributed by atoms with van der Waals surface area (Å²) < 4.78 is 28.1. The SMILES string of the molecule is CC(Nc1cc(Br)ccc1N(C)C)c1cccc(F)c1F. The van der Waals surface area contributed by atoms with Gasteiger partial charge in [0.05, 0.1) is 17.4 Å². The van der Waals surface area contributed by atoms with E-state index in [0.717, 1.165) is 21.9 Å². The Labute approximate surface area is 131 Å². The van der Waals surface area contributed by atoms with Gasteiger partial charge in [-0.25, -0.2) is 8.78 Å². The van der Waals surface area contributed by atoms with Gasteiger partial charge in [-0.15, -0.1) is 0 Å². The summed E-state index contributed by atoms with van der Waals surface area (Å²) in [6.07, 6.45) is 0. The summed E-state index contributed by atoms with van der Waals surface area (Å²) >= 11 is 3.43. The number of nitrogens with zero attached hydrogens (tertiary/aromatic N) is 1. The maximum Gasteiger partial charge on any atom is 0.164 e. The molecule has 21 heavy (non-hydrogen) atoms. The molecule has 112 valence electrons. The zero-order valence-corrected chi connectivity index (χ0v) is 13.7. The predicted octanol–water partition coefficient (Wildman–Crippen LogP) is 4.97. The highest BCUT2D eigenvalue weighted by Crippen LogP contribution is 2.31. The molecule has 0 aliphatic rings. The quantitative estimate of drug-likeness (QED) is 0.833. The van der Waals surface area contributed by atoms with E-state index in [1.54, 1.807) is 13.0 Å². The fourth-order valence-electron chi connectivity index (χ4n) is 2.18. The Hall–Kier alpha value is -1.62. The van der Waals surface area contributed by atoms with Crippen molar-refractivity contribution >= 4 is 27.3 Å². The van der Waals surface area contributed by atoms with Crippen molar-refractivity contribution in [1.29, 1.82) is 0 Å². The van der Waals surface area contributed by atoms with Crippen LogP contribution in [0.2, 0.25) is 0 Å². The van der Waals surface area contributed by atoms with Crippen LogP contribution >= 0.6 is 15.9 Å². The summed E-state index contributed by atoms with van der Waals surface area (Å²) in [6, 6.07) is 9.69. The predicted molar refractivity (Wildman–Crippen MR) is 86.9 cm³/mol. The molecule has 1 N–H and O–H groups in total. The molecule has 0 fully saturated rings. The minimum Gasteiger partial charge on any atom is -0.377 e. The molecule has 0 heterocycles. The number of hydrogen-bond donors (Lipinski definition) is 1. The highest BCUT2D eigenvalue weighted by Gasteiger charge is 2.16. The highest BCUT2D eigenvalue weighted by atomic mass is 79.9. The average molecular weight is 355 g/mol. The van der Waals surface area contributed by atoms with Crippen molar-refractivity contribution in [2.45, 2.75) is 13.0 Å².